The molecule has 2 aromatic carbocycles. The fraction of sp³-hybridized carbons (Fsp3) is 0.222. The van der Waals surface area contributed by atoms with E-state index < -0.39 is 39.7 Å². The van der Waals surface area contributed by atoms with Crippen LogP contribution in [0.2, 0.25) is 0 Å². The lowest BCUT2D eigenvalue weighted by atomic mass is 10.1. The van der Waals surface area contributed by atoms with Crippen molar-refractivity contribution in [2.45, 2.75) is 23.1 Å². The smallest absolute Gasteiger partial charge is 0.269 e. The van der Waals surface area contributed by atoms with Gasteiger partial charge in [-0.25, -0.2) is 8.78 Å². The van der Waals surface area contributed by atoms with E-state index in [1.165, 1.54) is 37.4 Å². The summed E-state index contributed by atoms with van der Waals surface area (Å²) in [5, 5.41) is 14.9. The molecule has 0 aromatic heterocycles. The lowest BCUT2D eigenvalue weighted by molar-refractivity contribution is -0.384. The molecular formula is C18H17F2N3O4S. The van der Waals surface area contributed by atoms with Crippen molar-refractivity contribution in [2.24, 2.45) is 0 Å². The van der Waals surface area contributed by atoms with Gasteiger partial charge in [-0.3, -0.25) is 19.7 Å². The number of nitro benzene ring substituents is 1. The zero-order valence-corrected chi connectivity index (χ0v) is 15.8. The maximum Gasteiger partial charge on any atom is 0.269 e. The maximum absolute atomic E-state index is 13.5. The molecule has 28 heavy (non-hydrogen) atoms. The Labute approximate surface area is 163 Å². The number of non-ortho nitro benzene ring substituents is 1. The van der Waals surface area contributed by atoms with Crippen LogP contribution in [0.15, 0.2) is 47.4 Å². The van der Waals surface area contributed by atoms with E-state index in [1.54, 1.807) is 6.92 Å². The van der Waals surface area contributed by atoms with Crippen LogP contribution in [0.3, 0.4) is 0 Å². The minimum Gasteiger partial charge on any atom is -0.357 e. The van der Waals surface area contributed by atoms with Crippen molar-refractivity contribution in [1.82, 2.24) is 10.6 Å². The molecule has 2 rings (SSSR count). The van der Waals surface area contributed by atoms with Crippen LogP contribution < -0.4 is 10.6 Å². The first kappa shape index (κ1) is 21.3. The summed E-state index contributed by atoms with van der Waals surface area (Å²) in [7, 11) is 1.36. The number of rotatable bonds is 7. The molecule has 0 radical (unpaired) electrons. The van der Waals surface area contributed by atoms with Crippen molar-refractivity contribution >= 4 is 29.3 Å². The SMILES string of the molecule is CNC(=O)C(NC(=O)C(C)Sc1ccc([N+](=O)[O-])cc1)c1ccc(F)c(F)c1. The van der Waals surface area contributed by atoms with Gasteiger partial charge in [0.1, 0.15) is 6.04 Å². The summed E-state index contributed by atoms with van der Waals surface area (Å²) < 4.78 is 26.7. The van der Waals surface area contributed by atoms with Gasteiger partial charge in [-0.1, -0.05) is 6.07 Å². The van der Waals surface area contributed by atoms with Crippen LogP contribution in [0.1, 0.15) is 18.5 Å². The highest BCUT2D eigenvalue weighted by Crippen LogP contribution is 2.26. The van der Waals surface area contributed by atoms with E-state index in [9.17, 15) is 28.5 Å². The highest BCUT2D eigenvalue weighted by Gasteiger charge is 2.25. The molecule has 2 atom stereocenters. The molecule has 0 fully saturated rings. The Balaban J connectivity index is 2.12. The molecule has 148 valence electrons. The summed E-state index contributed by atoms with van der Waals surface area (Å²) in [5.74, 6) is -3.30. The van der Waals surface area contributed by atoms with Crippen LogP contribution in [-0.4, -0.2) is 29.0 Å². The number of thioether (sulfide) groups is 1. The van der Waals surface area contributed by atoms with Crippen LogP contribution in [0, 0.1) is 21.7 Å². The van der Waals surface area contributed by atoms with E-state index in [4.69, 9.17) is 0 Å². The molecule has 2 aromatic rings. The van der Waals surface area contributed by atoms with Gasteiger partial charge in [-0.05, 0) is 36.8 Å². The number of hydrogen-bond acceptors (Lipinski definition) is 5. The van der Waals surface area contributed by atoms with Gasteiger partial charge in [-0.15, -0.1) is 11.8 Å². The molecule has 0 aliphatic carbocycles. The second-order valence-electron chi connectivity index (χ2n) is 5.74. The van der Waals surface area contributed by atoms with Crippen molar-refractivity contribution in [2.75, 3.05) is 7.05 Å². The van der Waals surface area contributed by atoms with Gasteiger partial charge in [0.05, 0.1) is 10.2 Å². The highest BCUT2D eigenvalue weighted by atomic mass is 32.2. The van der Waals surface area contributed by atoms with E-state index in [2.05, 4.69) is 10.6 Å². The van der Waals surface area contributed by atoms with Crippen LogP contribution in [0.4, 0.5) is 14.5 Å². The molecule has 0 spiro atoms. The molecule has 0 saturated carbocycles. The Kier molecular flexibility index (Phi) is 7.05. The van der Waals surface area contributed by atoms with Crippen molar-refractivity contribution in [1.29, 1.82) is 0 Å². The van der Waals surface area contributed by atoms with Gasteiger partial charge in [0.25, 0.3) is 5.69 Å². The molecule has 0 saturated heterocycles. The van der Waals surface area contributed by atoms with Gasteiger partial charge >= 0.3 is 0 Å². The highest BCUT2D eigenvalue weighted by molar-refractivity contribution is 8.00. The molecule has 0 aliphatic rings. The first-order chi connectivity index (χ1) is 13.2. The largest absolute Gasteiger partial charge is 0.357 e. The Morgan fingerprint density at radius 1 is 1.07 bits per heavy atom. The third kappa shape index (κ3) is 5.26. The quantitative estimate of drug-likeness (QED) is 0.416. The molecule has 7 nitrogen and oxygen atoms in total. The topological polar surface area (TPSA) is 101 Å². The van der Waals surface area contributed by atoms with Crippen molar-refractivity contribution in [3.05, 3.63) is 69.8 Å². The predicted molar refractivity (Wildman–Crippen MR) is 99.7 cm³/mol. The van der Waals surface area contributed by atoms with Crippen LogP contribution >= 0.6 is 11.8 Å². The molecular weight excluding hydrogens is 392 g/mol. The van der Waals surface area contributed by atoms with E-state index in [0.717, 1.165) is 23.9 Å². The van der Waals surface area contributed by atoms with Gasteiger partial charge in [0.2, 0.25) is 11.8 Å². The first-order valence-electron chi connectivity index (χ1n) is 8.11. The average Bonchev–Trinajstić information content (AvgIpc) is 2.67. The number of carbonyl (C=O) groups excluding carboxylic acids is 2. The number of carbonyl (C=O) groups is 2. The molecule has 0 aliphatic heterocycles. The third-order valence-electron chi connectivity index (χ3n) is 3.80. The van der Waals surface area contributed by atoms with E-state index in [1.807, 2.05) is 0 Å². The summed E-state index contributed by atoms with van der Waals surface area (Å²) in [6.45, 7) is 1.59. The second-order valence-corrected chi connectivity index (χ2v) is 7.15. The molecule has 2 unspecified atom stereocenters. The zero-order chi connectivity index (χ0) is 20.8. The molecule has 2 N–H and O–H groups in total. The molecule has 2 amide bonds. The van der Waals surface area contributed by atoms with Gasteiger partial charge < -0.3 is 10.6 Å². The molecule has 0 heterocycles. The minimum absolute atomic E-state index is 0.0699. The molecule has 0 bridgehead atoms. The summed E-state index contributed by atoms with van der Waals surface area (Å²) in [4.78, 5) is 35.4. The van der Waals surface area contributed by atoms with Gasteiger partial charge in [0.15, 0.2) is 11.6 Å². The lowest BCUT2D eigenvalue weighted by Gasteiger charge is -2.20. The average molecular weight is 409 g/mol. The summed E-state index contributed by atoms with van der Waals surface area (Å²) in [5.41, 5.74) is 0.0265. The number of hydrogen-bond donors (Lipinski definition) is 2. The Bertz CT molecular complexity index is 893. The fourth-order valence-electron chi connectivity index (χ4n) is 2.30. The van der Waals surface area contributed by atoms with E-state index >= 15 is 0 Å². The normalized spacial score (nSPS) is 12.7. The van der Waals surface area contributed by atoms with Gasteiger partial charge in [-0.2, -0.15) is 0 Å². The Morgan fingerprint density at radius 3 is 2.25 bits per heavy atom. The van der Waals surface area contributed by atoms with Crippen molar-refractivity contribution in [3.8, 4) is 0 Å². The maximum atomic E-state index is 13.5. The summed E-state index contributed by atoms with van der Waals surface area (Å²) >= 11 is 1.13. The second kappa shape index (κ2) is 9.27. The standard InChI is InChI=1S/C18H17F2N3O4S/c1-10(28-13-6-4-12(5-7-13)23(26)27)17(24)22-16(18(25)21-2)11-3-8-14(19)15(20)9-11/h3-10,16H,1-2H3,(H,21,25)(H,22,24). The van der Waals surface area contributed by atoms with Crippen LogP contribution in [-0.2, 0) is 9.59 Å². The molecule has 10 heteroatoms. The number of nitrogens with zero attached hydrogens (tertiary/aromatic N) is 1. The number of amides is 2. The lowest BCUT2D eigenvalue weighted by Crippen LogP contribution is -2.42. The zero-order valence-electron chi connectivity index (χ0n) is 14.9. The number of halogens is 2. The summed E-state index contributed by atoms with van der Waals surface area (Å²) in [6.07, 6.45) is 0. The summed E-state index contributed by atoms with van der Waals surface area (Å²) in [6, 6.07) is 7.41. The minimum atomic E-state index is -1.20. The number of benzene rings is 2. The third-order valence-corrected chi connectivity index (χ3v) is 4.91. The first-order valence-corrected chi connectivity index (χ1v) is 8.99. The van der Waals surface area contributed by atoms with Crippen molar-refractivity contribution < 1.29 is 23.3 Å². The number of likely N-dealkylation sites (N-methyl/N-ethyl adjacent to an activating group) is 1. The Hall–Kier alpha value is -3.01. The van der Waals surface area contributed by atoms with Gasteiger partial charge in [0, 0.05) is 24.1 Å². The Morgan fingerprint density at radius 2 is 1.71 bits per heavy atom. The van der Waals surface area contributed by atoms with Crippen LogP contribution in [0.5, 0.6) is 0 Å². The number of nitrogens with one attached hydrogen (secondary N) is 2. The van der Waals surface area contributed by atoms with Crippen LogP contribution in [0.25, 0.3) is 0 Å². The van der Waals surface area contributed by atoms with E-state index in [-0.39, 0.29) is 11.3 Å². The van der Waals surface area contributed by atoms with Crippen molar-refractivity contribution in [3.63, 3.8) is 0 Å². The number of nitro groups is 1. The predicted octanol–water partition coefficient (Wildman–Crippen LogP) is 2.96. The fourth-order valence-corrected chi connectivity index (χ4v) is 3.18. The van der Waals surface area contributed by atoms with E-state index in [0.29, 0.717) is 4.90 Å². The monoisotopic (exact) mass is 409 g/mol.